The Morgan fingerprint density at radius 3 is 2.20 bits per heavy atom. The van der Waals surface area contributed by atoms with Crippen molar-refractivity contribution in [3.05, 3.63) is 24.3 Å². The van der Waals surface area contributed by atoms with Crippen molar-refractivity contribution in [2.75, 3.05) is 36.8 Å². The summed E-state index contributed by atoms with van der Waals surface area (Å²) < 4.78 is 0. The number of carbonyl (C=O) groups is 1. The minimum atomic E-state index is 0.304. The minimum absolute atomic E-state index is 0.304. The Labute approximate surface area is 120 Å². The van der Waals surface area contributed by atoms with Crippen LogP contribution >= 0.6 is 0 Å². The molecule has 1 saturated carbocycles. The summed E-state index contributed by atoms with van der Waals surface area (Å²) in [5, 5.41) is 0. The summed E-state index contributed by atoms with van der Waals surface area (Å²) in [6.07, 6.45) is 4.64. The first-order valence-electron chi connectivity index (χ1n) is 7.63. The maximum Gasteiger partial charge on any atom is 0.225 e. The van der Waals surface area contributed by atoms with Crippen LogP contribution in [0.4, 0.5) is 11.4 Å². The third-order valence-electron chi connectivity index (χ3n) is 4.55. The van der Waals surface area contributed by atoms with Gasteiger partial charge < -0.3 is 15.5 Å². The lowest BCUT2D eigenvalue weighted by Crippen LogP contribution is -2.50. The topological polar surface area (TPSA) is 49.6 Å². The number of nitrogens with zero attached hydrogens (tertiary/aromatic N) is 2. The van der Waals surface area contributed by atoms with Crippen molar-refractivity contribution in [1.82, 2.24) is 4.90 Å². The van der Waals surface area contributed by atoms with Gasteiger partial charge in [-0.05, 0) is 37.1 Å². The Hall–Kier alpha value is -1.71. The van der Waals surface area contributed by atoms with Gasteiger partial charge in [0.05, 0.1) is 0 Å². The van der Waals surface area contributed by atoms with Crippen molar-refractivity contribution in [3.8, 4) is 0 Å². The second-order valence-corrected chi connectivity index (χ2v) is 5.89. The van der Waals surface area contributed by atoms with E-state index in [9.17, 15) is 4.79 Å². The van der Waals surface area contributed by atoms with E-state index < -0.39 is 0 Å². The van der Waals surface area contributed by atoms with Crippen molar-refractivity contribution in [2.24, 2.45) is 5.92 Å². The molecule has 0 spiro atoms. The summed E-state index contributed by atoms with van der Waals surface area (Å²) in [6.45, 7) is 3.53. The number of hydrogen-bond donors (Lipinski definition) is 1. The number of piperazine rings is 1. The molecular weight excluding hydrogens is 250 g/mol. The van der Waals surface area contributed by atoms with Gasteiger partial charge in [0.15, 0.2) is 0 Å². The highest BCUT2D eigenvalue weighted by molar-refractivity contribution is 5.79. The number of nitrogens with two attached hydrogens (primary N) is 1. The summed E-state index contributed by atoms with van der Waals surface area (Å²) in [5.74, 6) is 0.692. The van der Waals surface area contributed by atoms with Crippen LogP contribution in [-0.2, 0) is 4.79 Å². The van der Waals surface area contributed by atoms with Crippen molar-refractivity contribution in [3.63, 3.8) is 0 Å². The van der Waals surface area contributed by atoms with Crippen LogP contribution < -0.4 is 10.6 Å². The minimum Gasteiger partial charge on any atom is -0.399 e. The number of benzene rings is 1. The highest BCUT2D eigenvalue weighted by atomic mass is 16.2. The van der Waals surface area contributed by atoms with E-state index in [4.69, 9.17) is 5.73 Å². The number of amides is 1. The molecular formula is C16H23N3O. The first-order chi connectivity index (χ1) is 9.74. The summed E-state index contributed by atoms with van der Waals surface area (Å²) in [5.41, 5.74) is 7.71. The van der Waals surface area contributed by atoms with Crippen LogP contribution in [0.15, 0.2) is 24.3 Å². The van der Waals surface area contributed by atoms with E-state index in [2.05, 4.69) is 21.9 Å². The fraction of sp³-hybridized carbons (Fsp3) is 0.562. The van der Waals surface area contributed by atoms with Crippen LogP contribution in [-0.4, -0.2) is 37.0 Å². The Kier molecular flexibility index (Phi) is 3.81. The Morgan fingerprint density at radius 2 is 1.60 bits per heavy atom. The molecule has 1 aliphatic carbocycles. The maximum atomic E-state index is 12.4. The average molecular weight is 273 g/mol. The zero-order chi connectivity index (χ0) is 13.9. The van der Waals surface area contributed by atoms with E-state index in [-0.39, 0.29) is 0 Å². The molecule has 4 nitrogen and oxygen atoms in total. The van der Waals surface area contributed by atoms with Crippen molar-refractivity contribution in [2.45, 2.75) is 25.7 Å². The van der Waals surface area contributed by atoms with Gasteiger partial charge in [0, 0.05) is 43.5 Å². The fourth-order valence-corrected chi connectivity index (χ4v) is 3.30. The third-order valence-corrected chi connectivity index (χ3v) is 4.55. The van der Waals surface area contributed by atoms with Crippen molar-refractivity contribution >= 4 is 17.3 Å². The van der Waals surface area contributed by atoms with Gasteiger partial charge in [0.25, 0.3) is 0 Å². The molecule has 2 aliphatic rings. The molecule has 0 unspecified atom stereocenters. The van der Waals surface area contributed by atoms with Gasteiger partial charge in [-0.1, -0.05) is 12.8 Å². The molecule has 1 saturated heterocycles. The average Bonchev–Trinajstić information content (AvgIpc) is 3.02. The smallest absolute Gasteiger partial charge is 0.225 e. The van der Waals surface area contributed by atoms with Crippen molar-refractivity contribution in [1.29, 1.82) is 0 Å². The van der Waals surface area contributed by atoms with Crippen LogP contribution in [0.25, 0.3) is 0 Å². The van der Waals surface area contributed by atoms with Gasteiger partial charge in [-0.25, -0.2) is 0 Å². The predicted molar refractivity (Wildman–Crippen MR) is 81.6 cm³/mol. The molecule has 2 N–H and O–H groups in total. The molecule has 0 radical (unpaired) electrons. The number of anilines is 2. The van der Waals surface area contributed by atoms with Gasteiger partial charge >= 0.3 is 0 Å². The molecule has 2 fully saturated rings. The SMILES string of the molecule is Nc1ccc(N2CCN(C(=O)C3CCCC3)CC2)cc1. The van der Waals surface area contributed by atoms with E-state index in [1.54, 1.807) is 0 Å². The third kappa shape index (κ3) is 2.74. The largest absolute Gasteiger partial charge is 0.399 e. The lowest BCUT2D eigenvalue weighted by Gasteiger charge is -2.37. The zero-order valence-corrected chi connectivity index (χ0v) is 11.9. The van der Waals surface area contributed by atoms with Crippen LogP contribution in [0.1, 0.15) is 25.7 Å². The Morgan fingerprint density at radius 1 is 1.00 bits per heavy atom. The molecule has 0 aromatic heterocycles. The highest BCUT2D eigenvalue weighted by Crippen LogP contribution is 2.27. The molecule has 1 heterocycles. The normalized spacial score (nSPS) is 20.4. The second kappa shape index (κ2) is 5.73. The molecule has 1 aliphatic heterocycles. The first kappa shape index (κ1) is 13.3. The van der Waals surface area contributed by atoms with E-state index in [1.807, 2.05) is 12.1 Å². The Bertz CT molecular complexity index is 457. The van der Waals surface area contributed by atoms with E-state index in [0.29, 0.717) is 11.8 Å². The lowest BCUT2D eigenvalue weighted by molar-refractivity contribution is -0.135. The van der Waals surface area contributed by atoms with Crippen LogP contribution in [0.5, 0.6) is 0 Å². The molecule has 1 aromatic rings. The summed E-state index contributed by atoms with van der Waals surface area (Å²) in [6, 6.07) is 7.99. The van der Waals surface area contributed by atoms with Gasteiger partial charge in [0.1, 0.15) is 0 Å². The maximum absolute atomic E-state index is 12.4. The summed E-state index contributed by atoms with van der Waals surface area (Å²) in [7, 11) is 0. The molecule has 4 heteroatoms. The molecule has 3 rings (SSSR count). The molecule has 108 valence electrons. The Balaban J connectivity index is 1.56. The quantitative estimate of drug-likeness (QED) is 0.840. The van der Waals surface area contributed by atoms with E-state index in [0.717, 1.165) is 44.7 Å². The number of nitrogen functional groups attached to an aromatic ring is 1. The summed E-state index contributed by atoms with van der Waals surface area (Å²) in [4.78, 5) is 16.8. The van der Waals surface area contributed by atoms with Gasteiger partial charge in [-0.3, -0.25) is 4.79 Å². The van der Waals surface area contributed by atoms with Crippen LogP contribution in [0, 0.1) is 5.92 Å². The van der Waals surface area contributed by atoms with Crippen LogP contribution in [0.3, 0.4) is 0 Å². The van der Waals surface area contributed by atoms with E-state index in [1.165, 1.54) is 18.5 Å². The fourth-order valence-electron chi connectivity index (χ4n) is 3.30. The molecule has 1 aromatic carbocycles. The number of carbonyl (C=O) groups excluding carboxylic acids is 1. The monoisotopic (exact) mass is 273 g/mol. The zero-order valence-electron chi connectivity index (χ0n) is 11.9. The molecule has 1 amide bonds. The van der Waals surface area contributed by atoms with E-state index >= 15 is 0 Å². The lowest BCUT2D eigenvalue weighted by atomic mass is 10.1. The molecule has 0 bridgehead atoms. The number of hydrogen-bond acceptors (Lipinski definition) is 3. The summed E-state index contributed by atoms with van der Waals surface area (Å²) >= 11 is 0. The second-order valence-electron chi connectivity index (χ2n) is 5.89. The van der Waals surface area contributed by atoms with Crippen molar-refractivity contribution < 1.29 is 4.79 Å². The standard InChI is InChI=1S/C16H23N3O/c17-14-5-7-15(8-6-14)18-9-11-19(12-10-18)16(20)13-3-1-2-4-13/h5-8,13H,1-4,9-12,17H2. The van der Waals surface area contributed by atoms with Gasteiger partial charge in [-0.15, -0.1) is 0 Å². The van der Waals surface area contributed by atoms with Crippen LogP contribution in [0.2, 0.25) is 0 Å². The number of rotatable bonds is 2. The molecule has 0 atom stereocenters. The highest BCUT2D eigenvalue weighted by Gasteiger charge is 2.29. The van der Waals surface area contributed by atoms with Gasteiger partial charge in [0.2, 0.25) is 5.91 Å². The first-order valence-corrected chi connectivity index (χ1v) is 7.63. The predicted octanol–water partition coefficient (Wildman–Crippen LogP) is 2.11. The molecule has 20 heavy (non-hydrogen) atoms. The van der Waals surface area contributed by atoms with Gasteiger partial charge in [-0.2, -0.15) is 0 Å².